The summed E-state index contributed by atoms with van der Waals surface area (Å²) in [5.74, 6) is 2.11. The topological polar surface area (TPSA) is 72.4 Å². The molecule has 118 valence electrons. The van der Waals surface area contributed by atoms with Gasteiger partial charge in [-0.05, 0) is 31.4 Å². The number of piperidine rings is 1. The van der Waals surface area contributed by atoms with Gasteiger partial charge in [0.2, 0.25) is 5.89 Å². The maximum Gasteiger partial charge on any atom is 0.289 e. The summed E-state index contributed by atoms with van der Waals surface area (Å²) in [7, 11) is 0. The summed E-state index contributed by atoms with van der Waals surface area (Å²) in [6.45, 7) is 5.53. The molecular formula is C16H21N3O3. The summed E-state index contributed by atoms with van der Waals surface area (Å²) in [5.41, 5.74) is 0. The Kier molecular flexibility index (Phi) is 4.27. The summed E-state index contributed by atoms with van der Waals surface area (Å²) >= 11 is 0. The molecule has 0 bridgehead atoms. The molecule has 0 aliphatic carbocycles. The van der Waals surface area contributed by atoms with Gasteiger partial charge in [0.15, 0.2) is 11.6 Å². The predicted molar refractivity (Wildman–Crippen MR) is 79.6 cm³/mol. The lowest BCUT2D eigenvalue weighted by Crippen LogP contribution is -2.39. The Bertz CT molecular complexity index is 620. The highest BCUT2D eigenvalue weighted by atomic mass is 16.5. The van der Waals surface area contributed by atoms with Crippen molar-refractivity contribution in [3.63, 3.8) is 0 Å². The maximum absolute atomic E-state index is 12.4. The molecule has 2 aromatic heterocycles. The third-order valence-corrected chi connectivity index (χ3v) is 4.30. The van der Waals surface area contributed by atoms with E-state index in [1.807, 2.05) is 0 Å². The molecule has 0 unspecified atom stereocenters. The van der Waals surface area contributed by atoms with Crippen LogP contribution in [0.5, 0.6) is 0 Å². The first-order valence-corrected chi connectivity index (χ1v) is 7.85. The number of furan rings is 1. The van der Waals surface area contributed by atoms with Crippen molar-refractivity contribution in [1.82, 2.24) is 15.0 Å². The molecule has 0 saturated carbocycles. The van der Waals surface area contributed by atoms with E-state index >= 15 is 0 Å². The molecule has 6 heteroatoms. The predicted octanol–water partition coefficient (Wildman–Crippen LogP) is 3.20. The van der Waals surface area contributed by atoms with Crippen molar-refractivity contribution < 1.29 is 13.7 Å². The fraction of sp³-hybridized carbons (Fsp3) is 0.562. The number of nitrogens with zero attached hydrogens (tertiary/aromatic N) is 3. The summed E-state index contributed by atoms with van der Waals surface area (Å²) in [5, 5.41) is 4.07. The van der Waals surface area contributed by atoms with Gasteiger partial charge in [0.1, 0.15) is 0 Å². The zero-order valence-electron chi connectivity index (χ0n) is 13.0. The molecular weight excluding hydrogens is 282 g/mol. The van der Waals surface area contributed by atoms with Crippen molar-refractivity contribution in [3.05, 3.63) is 35.9 Å². The lowest BCUT2D eigenvalue weighted by atomic mass is 9.97. The highest BCUT2D eigenvalue weighted by Crippen LogP contribution is 2.28. The van der Waals surface area contributed by atoms with Gasteiger partial charge in [-0.2, -0.15) is 4.98 Å². The standard InChI is InChI=1S/C16H21N3O3/c1-3-11(2)14-17-15(22-18-14)12-6-4-8-19(10-12)16(20)13-7-5-9-21-13/h5,7,9,11-12H,3-4,6,8,10H2,1-2H3/t11-,12-/m0/s1. The summed E-state index contributed by atoms with van der Waals surface area (Å²) in [4.78, 5) is 18.7. The SMILES string of the molecule is CC[C@H](C)c1noc([C@H]2CCCN(C(=O)c3ccco3)C2)n1. The van der Waals surface area contributed by atoms with Crippen LogP contribution in [-0.4, -0.2) is 34.0 Å². The normalized spacial score (nSPS) is 20.1. The molecule has 1 fully saturated rings. The fourth-order valence-corrected chi connectivity index (χ4v) is 2.72. The number of aromatic nitrogens is 2. The van der Waals surface area contributed by atoms with E-state index in [-0.39, 0.29) is 11.8 Å². The zero-order chi connectivity index (χ0) is 15.5. The van der Waals surface area contributed by atoms with Crippen LogP contribution in [0.2, 0.25) is 0 Å². The molecule has 0 spiro atoms. The third kappa shape index (κ3) is 2.91. The average molecular weight is 303 g/mol. The Labute approximate surface area is 129 Å². The van der Waals surface area contributed by atoms with Crippen molar-refractivity contribution in [2.45, 2.75) is 44.9 Å². The highest BCUT2D eigenvalue weighted by molar-refractivity contribution is 5.91. The first-order chi connectivity index (χ1) is 10.7. The molecule has 2 atom stereocenters. The average Bonchev–Trinajstić information content (AvgIpc) is 3.25. The van der Waals surface area contributed by atoms with Gasteiger partial charge in [-0.25, -0.2) is 0 Å². The van der Waals surface area contributed by atoms with E-state index in [4.69, 9.17) is 8.94 Å². The van der Waals surface area contributed by atoms with Crippen molar-refractivity contribution in [2.24, 2.45) is 0 Å². The molecule has 0 radical (unpaired) electrons. The van der Waals surface area contributed by atoms with Crippen LogP contribution in [0.4, 0.5) is 0 Å². The van der Waals surface area contributed by atoms with Crippen molar-refractivity contribution >= 4 is 5.91 Å². The van der Waals surface area contributed by atoms with Crippen LogP contribution >= 0.6 is 0 Å². The smallest absolute Gasteiger partial charge is 0.289 e. The second-order valence-corrected chi connectivity index (χ2v) is 5.87. The largest absolute Gasteiger partial charge is 0.459 e. The van der Waals surface area contributed by atoms with Crippen LogP contribution in [0.1, 0.15) is 67.2 Å². The van der Waals surface area contributed by atoms with E-state index in [0.29, 0.717) is 24.1 Å². The van der Waals surface area contributed by atoms with Crippen LogP contribution in [0.25, 0.3) is 0 Å². The van der Waals surface area contributed by atoms with E-state index in [0.717, 1.165) is 31.6 Å². The minimum absolute atomic E-state index is 0.0728. The van der Waals surface area contributed by atoms with E-state index < -0.39 is 0 Å². The molecule has 1 amide bonds. The molecule has 22 heavy (non-hydrogen) atoms. The third-order valence-electron chi connectivity index (χ3n) is 4.30. The van der Waals surface area contributed by atoms with E-state index in [2.05, 4.69) is 24.0 Å². The molecule has 0 aromatic carbocycles. The number of amides is 1. The summed E-state index contributed by atoms with van der Waals surface area (Å²) < 4.78 is 10.6. The number of likely N-dealkylation sites (tertiary alicyclic amines) is 1. The van der Waals surface area contributed by atoms with Crippen LogP contribution in [0.15, 0.2) is 27.3 Å². The van der Waals surface area contributed by atoms with E-state index in [9.17, 15) is 4.79 Å². The van der Waals surface area contributed by atoms with Crippen molar-refractivity contribution in [3.8, 4) is 0 Å². The minimum atomic E-state index is -0.0728. The van der Waals surface area contributed by atoms with Crippen molar-refractivity contribution in [1.29, 1.82) is 0 Å². The number of hydrogen-bond donors (Lipinski definition) is 0. The Hall–Kier alpha value is -2.11. The molecule has 3 heterocycles. The molecule has 3 rings (SSSR count). The number of carbonyl (C=O) groups excluding carboxylic acids is 1. The first-order valence-electron chi connectivity index (χ1n) is 7.85. The molecule has 0 N–H and O–H groups in total. The Morgan fingerprint density at radius 3 is 3.14 bits per heavy atom. The Balaban J connectivity index is 1.70. The second-order valence-electron chi connectivity index (χ2n) is 5.87. The Morgan fingerprint density at radius 1 is 1.55 bits per heavy atom. The number of carbonyl (C=O) groups is 1. The lowest BCUT2D eigenvalue weighted by molar-refractivity contribution is 0.0663. The highest BCUT2D eigenvalue weighted by Gasteiger charge is 2.30. The summed E-state index contributed by atoms with van der Waals surface area (Å²) in [6.07, 6.45) is 4.39. The monoisotopic (exact) mass is 303 g/mol. The van der Waals surface area contributed by atoms with Crippen molar-refractivity contribution in [2.75, 3.05) is 13.1 Å². The van der Waals surface area contributed by atoms with Crippen LogP contribution < -0.4 is 0 Å². The number of hydrogen-bond acceptors (Lipinski definition) is 5. The second kappa shape index (κ2) is 6.34. The van der Waals surface area contributed by atoms with Gasteiger partial charge in [0.25, 0.3) is 5.91 Å². The zero-order valence-corrected chi connectivity index (χ0v) is 13.0. The lowest BCUT2D eigenvalue weighted by Gasteiger charge is -2.30. The quantitative estimate of drug-likeness (QED) is 0.867. The van der Waals surface area contributed by atoms with E-state index in [1.54, 1.807) is 17.0 Å². The Morgan fingerprint density at radius 2 is 2.41 bits per heavy atom. The van der Waals surface area contributed by atoms with Gasteiger partial charge in [0.05, 0.1) is 12.2 Å². The van der Waals surface area contributed by atoms with Gasteiger partial charge >= 0.3 is 0 Å². The molecule has 6 nitrogen and oxygen atoms in total. The summed E-state index contributed by atoms with van der Waals surface area (Å²) in [6, 6.07) is 3.42. The minimum Gasteiger partial charge on any atom is -0.459 e. The van der Waals surface area contributed by atoms with Crippen LogP contribution in [0, 0.1) is 0 Å². The fourth-order valence-electron chi connectivity index (χ4n) is 2.72. The molecule has 1 saturated heterocycles. The molecule has 1 aliphatic heterocycles. The van der Waals surface area contributed by atoms with Gasteiger partial charge in [-0.15, -0.1) is 0 Å². The number of rotatable bonds is 4. The molecule has 1 aliphatic rings. The van der Waals surface area contributed by atoms with Gasteiger partial charge in [0, 0.05) is 19.0 Å². The van der Waals surface area contributed by atoms with E-state index in [1.165, 1.54) is 6.26 Å². The van der Waals surface area contributed by atoms with Crippen LogP contribution in [0.3, 0.4) is 0 Å². The van der Waals surface area contributed by atoms with Gasteiger partial charge in [-0.1, -0.05) is 19.0 Å². The molecule has 2 aromatic rings. The van der Waals surface area contributed by atoms with Crippen LogP contribution in [-0.2, 0) is 0 Å². The van der Waals surface area contributed by atoms with Gasteiger partial charge < -0.3 is 13.8 Å². The first kappa shape index (κ1) is 14.8. The maximum atomic E-state index is 12.4. The van der Waals surface area contributed by atoms with Gasteiger partial charge in [-0.3, -0.25) is 4.79 Å².